The summed E-state index contributed by atoms with van der Waals surface area (Å²) in [6.07, 6.45) is 5.99. The van der Waals surface area contributed by atoms with Crippen LogP contribution in [0.15, 0.2) is 0 Å². The first-order valence-corrected chi connectivity index (χ1v) is 5.25. The summed E-state index contributed by atoms with van der Waals surface area (Å²) in [4.78, 5) is 0. The molecule has 0 amide bonds. The zero-order valence-corrected chi connectivity index (χ0v) is 7.03. The minimum absolute atomic E-state index is 0.618. The van der Waals surface area contributed by atoms with E-state index in [2.05, 4.69) is 11.8 Å². The molecule has 0 bridgehead atoms. The van der Waals surface area contributed by atoms with E-state index in [1.165, 1.54) is 31.4 Å². The van der Waals surface area contributed by atoms with Gasteiger partial charge in [-0.15, -0.1) is 0 Å². The van der Waals surface area contributed by atoms with Crippen LogP contribution in [0.25, 0.3) is 0 Å². The Kier molecular flexibility index (Phi) is 2.19. The largest absolute Gasteiger partial charge is 0.377 e. The van der Waals surface area contributed by atoms with E-state index in [1.807, 2.05) is 0 Å². The molecule has 2 rings (SSSR count). The van der Waals surface area contributed by atoms with Crippen molar-refractivity contribution in [2.45, 2.75) is 37.0 Å². The van der Waals surface area contributed by atoms with Crippen molar-refractivity contribution in [1.29, 1.82) is 0 Å². The molecule has 0 radical (unpaired) electrons. The summed E-state index contributed by atoms with van der Waals surface area (Å²) < 4.78 is 5.71. The predicted octanol–water partition coefficient (Wildman–Crippen LogP) is 2.06. The lowest BCUT2D eigenvalue weighted by atomic mass is 10.1. The number of hydrogen-bond acceptors (Lipinski definition) is 2. The molecule has 0 saturated carbocycles. The highest BCUT2D eigenvalue weighted by molar-refractivity contribution is 8.00. The van der Waals surface area contributed by atoms with Crippen molar-refractivity contribution in [2.24, 2.45) is 0 Å². The molecule has 0 N–H and O–H groups in total. The minimum atomic E-state index is 0.618. The number of hydrogen-bond donors (Lipinski definition) is 0. The van der Waals surface area contributed by atoms with Crippen molar-refractivity contribution in [3.05, 3.63) is 0 Å². The fraction of sp³-hybridized carbons (Fsp3) is 1.00. The standard InChI is InChI=1S/C8H14OS/c1-2-5-9-7-4-6-10-8(7)3-1/h7-8H,1-6H2. The summed E-state index contributed by atoms with van der Waals surface area (Å²) in [5.74, 6) is 1.33. The Morgan fingerprint density at radius 3 is 3.20 bits per heavy atom. The Hall–Kier alpha value is 0.310. The van der Waals surface area contributed by atoms with Crippen molar-refractivity contribution in [1.82, 2.24) is 0 Å². The highest BCUT2D eigenvalue weighted by atomic mass is 32.2. The van der Waals surface area contributed by atoms with Gasteiger partial charge in [0.2, 0.25) is 0 Å². The van der Waals surface area contributed by atoms with Crippen LogP contribution in [0.1, 0.15) is 25.7 Å². The topological polar surface area (TPSA) is 9.23 Å². The van der Waals surface area contributed by atoms with Crippen molar-refractivity contribution in [3.8, 4) is 0 Å². The molecule has 2 unspecified atom stereocenters. The highest BCUT2D eigenvalue weighted by Crippen LogP contribution is 2.34. The number of rotatable bonds is 0. The van der Waals surface area contributed by atoms with Gasteiger partial charge in [0, 0.05) is 11.9 Å². The van der Waals surface area contributed by atoms with Crippen LogP contribution in [0.5, 0.6) is 0 Å². The van der Waals surface area contributed by atoms with Crippen LogP contribution in [0.2, 0.25) is 0 Å². The first-order chi connectivity index (χ1) is 4.97. The minimum Gasteiger partial charge on any atom is -0.377 e. The van der Waals surface area contributed by atoms with Gasteiger partial charge in [0.05, 0.1) is 6.10 Å². The van der Waals surface area contributed by atoms with Crippen molar-refractivity contribution in [3.63, 3.8) is 0 Å². The van der Waals surface area contributed by atoms with Crippen LogP contribution in [0.3, 0.4) is 0 Å². The first kappa shape index (κ1) is 6.99. The zero-order valence-electron chi connectivity index (χ0n) is 6.21. The fourth-order valence-electron chi connectivity index (χ4n) is 1.77. The molecule has 0 aromatic heterocycles. The van der Waals surface area contributed by atoms with E-state index in [0.717, 1.165) is 11.9 Å². The zero-order chi connectivity index (χ0) is 6.81. The van der Waals surface area contributed by atoms with Crippen molar-refractivity contribution in [2.75, 3.05) is 12.4 Å². The molecule has 2 fully saturated rings. The molecule has 10 heavy (non-hydrogen) atoms. The summed E-state index contributed by atoms with van der Waals surface area (Å²) in [6, 6.07) is 0. The molecule has 2 aliphatic heterocycles. The van der Waals surface area contributed by atoms with Gasteiger partial charge in [0.15, 0.2) is 0 Å². The summed E-state index contributed by atoms with van der Waals surface area (Å²) in [5, 5.41) is 0.850. The lowest BCUT2D eigenvalue weighted by Crippen LogP contribution is -2.18. The molecule has 0 aromatic carbocycles. The molecule has 0 aromatic rings. The number of thioether (sulfide) groups is 1. The van der Waals surface area contributed by atoms with E-state index in [9.17, 15) is 0 Å². The predicted molar refractivity (Wildman–Crippen MR) is 44.5 cm³/mol. The van der Waals surface area contributed by atoms with Crippen LogP contribution < -0.4 is 0 Å². The van der Waals surface area contributed by atoms with E-state index in [1.54, 1.807) is 0 Å². The van der Waals surface area contributed by atoms with Crippen LogP contribution in [-0.4, -0.2) is 23.7 Å². The number of fused-ring (bicyclic) bond motifs is 1. The SMILES string of the molecule is C1CCC2SCCC2OC1. The fourth-order valence-corrected chi connectivity index (χ4v) is 3.20. The van der Waals surface area contributed by atoms with Gasteiger partial charge in [-0.25, -0.2) is 0 Å². The van der Waals surface area contributed by atoms with E-state index in [4.69, 9.17) is 4.74 Å². The van der Waals surface area contributed by atoms with Gasteiger partial charge in [-0.05, 0) is 31.4 Å². The van der Waals surface area contributed by atoms with Gasteiger partial charge < -0.3 is 4.74 Å². The Morgan fingerprint density at radius 2 is 2.20 bits per heavy atom. The molecule has 0 aliphatic carbocycles. The quantitative estimate of drug-likeness (QED) is 0.533. The van der Waals surface area contributed by atoms with Crippen LogP contribution in [0.4, 0.5) is 0 Å². The average molecular weight is 158 g/mol. The molecular weight excluding hydrogens is 144 g/mol. The van der Waals surface area contributed by atoms with Crippen molar-refractivity contribution >= 4 is 11.8 Å². The Morgan fingerprint density at radius 1 is 1.20 bits per heavy atom. The third kappa shape index (κ3) is 1.32. The normalized spacial score (nSPS) is 40.8. The molecule has 2 saturated heterocycles. The van der Waals surface area contributed by atoms with Gasteiger partial charge in [0.25, 0.3) is 0 Å². The summed E-state index contributed by atoms with van der Waals surface area (Å²) >= 11 is 2.11. The Balaban J connectivity index is 1.95. The second-order valence-corrected chi connectivity index (χ2v) is 4.45. The Labute approximate surface area is 66.5 Å². The van der Waals surface area contributed by atoms with Gasteiger partial charge in [0.1, 0.15) is 0 Å². The van der Waals surface area contributed by atoms with E-state index >= 15 is 0 Å². The van der Waals surface area contributed by atoms with E-state index < -0.39 is 0 Å². The number of ether oxygens (including phenoxy) is 1. The maximum absolute atomic E-state index is 5.71. The summed E-state index contributed by atoms with van der Waals surface area (Å²) in [7, 11) is 0. The summed E-state index contributed by atoms with van der Waals surface area (Å²) in [6.45, 7) is 1.02. The first-order valence-electron chi connectivity index (χ1n) is 4.20. The molecule has 2 aliphatic rings. The van der Waals surface area contributed by atoms with Gasteiger partial charge in [-0.2, -0.15) is 11.8 Å². The highest BCUT2D eigenvalue weighted by Gasteiger charge is 2.29. The maximum atomic E-state index is 5.71. The van der Waals surface area contributed by atoms with Gasteiger partial charge in [-0.3, -0.25) is 0 Å². The molecule has 58 valence electrons. The van der Waals surface area contributed by atoms with Crippen LogP contribution >= 0.6 is 11.8 Å². The monoisotopic (exact) mass is 158 g/mol. The smallest absolute Gasteiger partial charge is 0.0701 e. The third-order valence-electron chi connectivity index (χ3n) is 2.36. The lowest BCUT2D eigenvalue weighted by Gasteiger charge is -2.13. The van der Waals surface area contributed by atoms with Crippen LogP contribution in [0, 0.1) is 0 Å². The van der Waals surface area contributed by atoms with Crippen LogP contribution in [-0.2, 0) is 4.74 Å². The second kappa shape index (κ2) is 3.14. The van der Waals surface area contributed by atoms with E-state index in [0.29, 0.717) is 6.10 Å². The molecule has 2 heterocycles. The van der Waals surface area contributed by atoms with Gasteiger partial charge >= 0.3 is 0 Å². The summed E-state index contributed by atoms with van der Waals surface area (Å²) in [5.41, 5.74) is 0. The molecule has 2 atom stereocenters. The van der Waals surface area contributed by atoms with Gasteiger partial charge in [-0.1, -0.05) is 0 Å². The molecular formula is C8H14OS. The Bertz CT molecular complexity index is 104. The average Bonchev–Trinajstić information content (AvgIpc) is 2.28. The van der Waals surface area contributed by atoms with E-state index in [-0.39, 0.29) is 0 Å². The maximum Gasteiger partial charge on any atom is 0.0701 e. The molecule has 0 spiro atoms. The van der Waals surface area contributed by atoms with Crippen molar-refractivity contribution < 1.29 is 4.74 Å². The second-order valence-electron chi connectivity index (χ2n) is 3.10. The third-order valence-corrected chi connectivity index (χ3v) is 3.80. The molecule has 2 heteroatoms. The lowest BCUT2D eigenvalue weighted by molar-refractivity contribution is 0.0652. The molecule has 1 nitrogen and oxygen atoms in total.